The van der Waals surface area contributed by atoms with E-state index in [1.807, 2.05) is 6.92 Å². The Morgan fingerprint density at radius 1 is 1.03 bits per heavy atom. The molecule has 8 atom stereocenters. The van der Waals surface area contributed by atoms with Crippen LogP contribution >= 0.6 is 0 Å². The van der Waals surface area contributed by atoms with Crippen molar-refractivity contribution in [2.24, 2.45) is 45.3 Å². The minimum absolute atomic E-state index is 0.0190. The molecule has 0 aromatic rings. The van der Waals surface area contributed by atoms with Gasteiger partial charge in [-0.2, -0.15) is 0 Å². The number of rotatable bonds is 2. The highest BCUT2D eigenvalue weighted by atomic mass is 16.4. The van der Waals surface area contributed by atoms with E-state index in [-0.39, 0.29) is 34.7 Å². The van der Waals surface area contributed by atoms with Gasteiger partial charge in [0, 0.05) is 5.92 Å². The molecule has 4 heteroatoms. The summed E-state index contributed by atoms with van der Waals surface area (Å²) in [5, 5.41) is 32.6. The lowest BCUT2D eigenvalue weighted by Crippen LogP contribution is -2.65. The summed E-state index contributed by atoms with van der Waals surface area (Å²) >= 11 is 0. The van der Waals surface area contributed by atoms with Gasteiger partial charge in [-0.25, -0.2) is 0 Å². The van der Waals surface area contributed by atoms with Crippen molar-refractivity contribution in [1.82, 2.24) is 0 Å². The predicted molar refractivity (Wildman–Crippen MR) is 129 cm³/mol. The van der Waals surface area contributed by atoms with Crippen LogP contribution in [0, 0.1) is 45.3 Å². The fourth-order valence-electron chi connectivity index (χ4n) is 9.75. The van der Waals surface area contributed by atoms with Gasteiger partial charge in [-0.1, -0.05) is 51.8 Å². The van der Waals surface area contributed by atoms with Gasteiger partial charge in [-0.3, -0.25) is 4.79 Å². The molecule has 5 aliphatic carbocycles. The molecule has 3 saturated carbocycles. The summed E-state index contributed by atoms with van der Waals surface area (Å²) in [6, 6.07) is 0. The predicted octanol–water partition coefficient (Wildman–Crippen LogP) is 5.74. The summed E-state index contributed by atoms with van der Waals surface area (Å²) in [6.07, 6.45) is 9.47. The molecule has 0 aliphatic heterocycles. The molecule has 0 aromatic carbocycles. The first-order chi connectivity index (χ1) is 15.3. The molecule has 4 nitrogen and oxygen atoms in total. The molecule has 0 bridgehead atoms. The van der Waals surface area contributed by atoms with Gasteiger partial charge in [0.25, 0.3) is 0 Å². The smallest absolute Gasteiger partial charge is 0.310 e. The normalized spacial score (nSPS) is 50.6. The summed E-state index contributed by atoms with van der Waals surface area (Å²) in [4.78, 5) is 12.8. The molecule has 8 unspecified atom stereocenters. The number of hydrogen-bond acceptors (Lipinski definition) is 3. The zero-order chi connectivity index (χ0) is 24.2. The van der Waals surface area contributed by atoms with E-state index < -0.39 is 17.0 Å². The van der Waals surface area contributed by atoms with Crippen molar-refractivity contribution in [3.05, 3.63) is 22.8 Å². The average Bonchev–Trinajstić information content (AvgIpc) is 3.01. The Kier molecular flexibility index (Phi) is 4.98. The Hall–Kier alpha value is -1.13. The number of hydrogen-bond donors (Lipinski definition) is 3. The molecule has 3 N–H and O–H groups in total. The fraction of sp³-hybridized carbons (Fsp3) is 0.828. The van der Waals surface area contributed by atoms with Gasteiger partial charge in [0.05, 0.1) is 17.6 Å². The number of aliphatic carboxylic acids is 1. The van der Waals surface area contributed by atoms with Crippen LogP contribution in [0.25, 0.3) is 0 Å². The maximum absolute atomic E-state index is 12.8. The van der Waals surface area contributed by atoms with Crippen LogP contribution in [0.15, 0.2) is 22.8 Å². The fourth-order valence-corrected chi connectivity index (χ4v) is 9.75. The molecule has 184 valence electrons. The minimum Gasteiger partial charge on any atom is -0.481 e. The molecule has 5 aliphatic rings. The molecular weight excluding hydrogens is 412 g/mol. The largest absolute Gasteiger partial charge is 0.481 e. The second-order valence-electron chi connectivity index (χ2n) is 13.7. The molecule has 0 saturated heterocycles. The molecule has 0 heterocycles. The number of aliphatic hydroxyl groups excluding tert-OH is 1. The van der Waals surface area contributed by atoms with Gasteiger partial charge in [-0.15, -0.1) is 0 Å². The summed E-state index contributed by atoms with van der Waals surface area (Å²) in [7, 11) is 0. The number of fused-ring (bicyclic) bond motifs is 7. The quantitative estimate of drug-likeness (QED) is 0.463. The SMILES string of the molecule is CC1CCC2(C(=O)O)CCC3(C)C(=CCC4C5=C(CO)CC(C)(C)C5CCC43C)C2C1(C)O. The number of allylic oxidation sites excluding steroid dienone is 2. The molecule has 0 aromatic heterocycles. The summed E-state index contributed by atoms with van der Waals surface area (Å²) in [5.41, 5.74) is 2.22. The summed E-state index contributed by atoms with van der Waals surface area (Å²) < 4.78 is 0. The van der Waals surface area contributed by atoms with Crippen LogP contribution in [0.5, 0.6) is 0 Å². The summed E-state index contributed by atoms with van der Waals surface area (Å²) in [6.45, 7) is 13.7. The van der Waals surface area contributed by atoms with E-state index in [9.17, 15) is 20.1 Å². The van der Waals surface area contributed by atoms with E-state index in [0.29, 0.717) is 24.7 Å². The third-order valence-electron chi connectivity index (χ3n) is 12.1. The van der Waals surface area contributed by atoms with Crippen LogP contribution in [0.4, 0.5) is 0 Å². The molecule has 3 fully saturated rings. The minimum atomic E-state index is -1.02. The van der Waals surface area contributed by atoms with Crippen molar-refractivity contribution in [3.63, 3.8) is 0 Å². The van der Waals surface area contributed by atoms with Crippen molar-refractivity contribution in [1.29, 1.82) is 0 Å². The highest BCUT2D eigenvalue weighted by Crippen LogP contribution is 2.73. The molecule has 0 spiro atoms. The van der Waals surface area contributed by atoms with Gasteiger partial charge >= 0.3 is 5.97 Å². The third kappa shape index (κ3) is 2.74. The van der Waals surface area contributed by atoms with E-state index in [4.69, 9.17) is 0 Å². The van der Waals surface area contributed by atoms with Crippen LogP contribution in [-0.4, -0.2) is 33.5 Å². The number of carbonyl (C=O) groups is 1. The van der Waals surface area contributed by atoms with Gasteiger partial charge < -0.3 is 15.3 Å². The topological polar surface area (TPSA) is 77.8 Å². The lowest BCUT2D eigenvalue weighted by Gasteiger charge is -2.67. The zero-order valence-corrected chi connectivity index (χ0v) is 21.5. The zero-order valence-electron chi connectivity index (χ0n) is 21.5. The molecule has 5 rings (SSSR count). The van der Waals surface area contributed by atoms with Crippen molar-refractivity contribution in [3.8, 4) is 0 Å². The van der Waals surface area contributed by atoms with E-state index in [0.717, 1.165) is 38.5 Å². The Morgan fingerprint density at radius 2 is 1.73 bits per heavy atom. The number of aliphatic hydroxyl groups is 2. The molecular formula is C29H44O4. The lowest BCUT2D eigenvalue weighted by molar-refractivity contribution is -0.190. The highest BCUT2D eigenvalue weighted by molar-refractivity contribution is 5.77. The molecule has 0 radical (unpaired) electrons. The van der Waals surface area contributed by atoms with E-state index in [2.05, 4.69) is 40.7 Å². The van der Waals surface area contributed by atoms with Crippen LogP contribution in [0.2, 0.25) is 0 Å². The Balaban J connectivity index is 1.66. The van der Waals surface area contributed by atoms with Crippen molar-refractivity contribution in [2.75, 3.05) is 6.61 Å². The summed E-state index contributed by atoms with van der Waals surface area (Å²) in [5.74, 6) is -0.0277. The maximum Gasteiger partial charge on any atom is 0.310 e. The first-order valence-electron chi connectivity index (χ1n) is 13.3. The van der Waals surface area contributed by atoms with E-state index in [1.54, 1.807) is 0 Å². The van der Waals surface area contributed by atoms with Gasteiger partial charge in [0.1, 0.15) is 0 Å². The van der Waals surface area contributed by atoms with Crippen LogP contribution in [-0.2, 0) is 4.79 Å². The highest BCUT2D eigenvalue weighted by Gasteiger charge is 2.69. The van der Waals surface area contributed by atoms with Crippen molar-refractivity contribution in [2.45, 2.75) is 98.5 Å². The molecule has 0 amide bonds. The third-order valence-corrected chi connectivity index (χ3v) is 12.1. The molecule has 33 heavy (non-hydrogen) atoms. The average molecular weight is 457 g/mol. The monoisotopic (exact) mass is 456 g/mol. The van der Waals surface area contributed by atoms with Crippen molar-refractivity contribution < 1.29 is 20.1 Å². The van der Waals surface area contributed by atoms with E-state index in [1.165, 1.54) is 16.7 Å². The number of carboxylic acid groups (broad SMARTS) is 1. The van der Waals surface area contributed by atoms with Crippen LogP contribution < -0.4 is 0 Å². The van der Waals surface area contributed by atoms with Crippen LogP contribution in [0.1, 0.15) is 92.9 Å². The lowest BCUT2D eigenvalue weighted by atomic mass is 9.37. The Morgan fingerprint density at radius 3 is 2.36 bits per heavy atom. The second-order valence-corrected chi connectivity index (χ2v) is 13.7. The van der Waals surface area contributed by atoms with Gasteiger partial charge in [0.15, 0.2) is 0 Å². The van der Waals surface area contributed by atoms with Crippen molar-refractivity contribution >= 4 is 5.97 Å². The first-order valence-corrected chi connectivity index (χ1v) is 13.3. The van der Waals surface area contributed by atoms with Gasteiger partial charge in [0.2, 0.25) is 0 Å². The Bertz CT molecular complexity index is 941. The maximum atomic E-state index is 12.8. The first kappa shape index (κ1) is 23.6. The van der Waals surface area contributed by atoms with Gasteiger partial charge in [-0.05, 0) is 97.9 Å². The number of carboxylic acids is 1. The van der Waals surface area contributed by atoms with E-state index >= 15 is 0 Å². The van der Waals surface area contributed by atoms with Crippen LogP contribution in [0.3, 0.4) is 0 Å². The Labute approximate surface area is 199 Å². The second kappa shape index (κ2) is 6.97. The standard InChI is InChI=1S/C29H44O4/c1-17-9-12-29(24(31)32)14-13-27(5)21(23(29)28(17,6)33)8-7-20-22-18(16-30)15-25(2,3)19(22)10-11-26(20,27)4/h8,17,19-20,23,30,33H,7,9-16H2,1-6H3,(H,31,32).